The van der Waals surface area contributed by atoms with Crippen LogP contribution in [-0.4, -0.2) is 35.9 Å². The fraction of sp³-hybridized carbons (Fsp3) is 0.273. The molecule has 20 heavy (non-hydrogen) atoms. The van der Waals surface area contributed by atoms with Crippen LogP contribution < -0.4 is 5.14 Å². The number of amides is 1. The summed E-state index contributed by atoms with van der Waals surface area (Å²) in [4.78, 5) is 22.5. The molecule has 9 heteroatoms. The first-order valence-electron chi connectivity index (χ1n) is 5.49. The summed E-state index contributed by atoms with van der Waals surface area (Å²) in [5.41, 5.74) is 0.623. The number of nitrogens with zero attached hydrogens (tertiary/aromatic N) is 1. The number of hydrogen-bond acceptors (Lipinski definition) is 5. The lowest BCUT2D eigenvalue weighted by atomic mass is 10.2. The first kappa shape index (κ1) is 15.9. The normalized spacial score (nSPS) is 12.5. The summed E-state index contributed by atoms with van der Waals surface area (Å²) in [5, 5.41) is 13.6. The Hall–Kier alpha value is -2.13. The van der Waals surface area contributed by atoms with E-state index in [4.69, 9.17) is 15.0 Å². The number of carbonyl (C=O) groups excluding carboxylic acids is 1. The van der Waals surface area contributed by atoms with Gasteiger partial charge in [-0.15, -0.1) is 0 Å². The Morgan fingerprint density at radius 3 is 2.35 bits per heavy atom. The highest BCUT2D eigenvalue weighted by molar-refractivity contribution is 7.87. The monoisotopic (exact) mass is 302 g/mol. The molecule has 1 aromatic rings. The second kappa shape index (κ2) is 6.35. The molecule has 0 aliphatic rings. The van der Waals surface area contributed by atoms with Gasteiger partial charge in [0.05, 0.1) is 0 Å². The zero-order valence-electron chi connectivity index (χ0n) is 10.6. The van der Waals surface area contributed by atoms with Crippen LogP contribution in [0, 0.1) is 0 Å². The molecule has 8 nitrogen and oxygen atoms in total. The first-order valence-corrected chi connectivity index (χ1v) is 6.99. The topological polar surface area (TPSA) is 127 Å². The van der Waals surface area contributed by atoms with Crippen LogP contribution in [0.25, 0.3) is 0 Å². The molecule has 3 N–H and O–H groups in total. The molecule has 0 aliphatic carbocycles. The van der Waals surface area contributed by atoms with E-state index in [2.05, 4.69) is 0 Å². The Morgan fingerprint density at radius 1 is 1.35 bits per heavy atom. The van der Waals surface area contributed by atoms with Crippen LogP contribution in [0.1, 0.15) is 12.5 Å². The molecule has 1 atom stereocenters. The molecular formula is C11H14N2O6S. The average Bonchev–Trinajstić information content (AvgIpc) is 2.36. The maximum Gasteiger partial charge on any atom is 0.425 e. The van der Waals surface area contributed by atoms with E-state index in [1.54, 1.807) is 30.3 Å². The van der Waals surface area contributed by atoms with E-state index in [1.807, 2.05) is 0 Å². The van der Waals surface area contributed by atoms with Gasteiger partial charge in [-0.2, -0.15) is 12.7 Å². The largest absolute Gasteiger partial charge is 0.480 e. The smallest absolute Gasteiger partial charge is 0.425 e. The fourth-order valence-electron chi connectivity index (χ4n) is 1.37. The minimum atomic E-state index is -4.53. The molecule has 1 aromatic carbocycles. The second-order valence-electron chi connectivity index (χ2n) is 3.90. The van der Waals surface area contributed by atoms with Crippen molar-refractivity contribution in [3.63, 3.8) is 0 Å². The van der Waals surface area contributed by atoms with E-state index in [9.17, 15) is 18.0 Å². The zero-order chi connectivity index (χ0) is 15.3. The van der Waals surface area contributed by atoms with Gasteiger partial charge < -0.3 is 9.84 Å². The summed E-state index contributed by atoms with van der Waals surface area (Å²) in [6, 6.07) is 6.84. The Kier molecular flexibility index (Phi) is 5.06. The van der Waals surface area contributed by atoms with Crippen molar-refractivity contribution >= 4 is 22.3 Å². The third-order valence-electron chi connectivity index (χ3n) is 2.37. The van der Waals surface area contributed by atoms with E-state index in [0.29, 0.717) is 5.56 Å². The van der Waals surface area contributed by atoms with Crippen LogP contribution in [0.5, 0.6) is 0 Å². The van der Waals surface area contributed by atoms with Crippen molar-refractivity contribution in [2.75, 3.05) is 0 Å². The Labute approximate surface area is 115 Å². The van der Waals surface area contributed by atoms with Crippen molar-refractivity contribution < 1.29 is 27.9 Å². The minimum absolute atomic E-state index is 0.0156. The van der Waals surface area contributed by atoms with Gasteiger partial charge in [0, 0.05) is 0 Å². The van der Waals surface area contributed by atoms with Gasteiger partial charge in [0.2, 0.25) is 0 Å². The molecule has 0 aromatic heterocycles. The van der Waals surface area contributed by atoms with Gasteiger partial charge in [-0.3, -0.25) is 0 Å². The third-order valence-corrected chi connectivity index (χ3v) is 3.38. The molecule has 0 radical (unpaired) electrons. The van der Waals surface area contributed by atoms with E-state index in [-0.39, 0.29) is 10.9 Å². The molecular weight excluding hydrogens is 288 g/mol. The molecule has 0 unspecified atom stereocenters. The molecule has 0 heterocycles. The summed E-state index contributed by atoms with van der Waals surface area (Å²) in [7, 11) is -4.53. The van der Waals surface area contributed by atoms with Gasteiger partial charge in [-0.25, -0.2) is 14.7 Å². The third kappa shape index (κ3) is 4.21. The number of carboxylic acid groups (broad SMARTS) is 1. The van der Waals surface area contributed by atoms with Gasteiger partial charge >= 0.3 is 22.3 Å². The maximum atomic E-state index is 11.7. The van der Waals surface area contributed by atoms with Crippen LogP contribution >= 0.6 is 0 Å². The summed E-state index contributed by atoms with van der Waals surface area (Å²) in [6.45, 7) is 0.814. The lowest BCUT2D eigenvalue weighted by molar-refractivity contribution is -0.140. The predicted octanol–water partition coefficient (Wildman–Crippen LogP) is 0.302. The number of carbonyl (C=O) groups is 2. The number of rotatable bonds is 5. The Balaban J connectivity index is 2.82. The van der Waals surface area contributed by atoms with Crippen molar-refractivity contribution in [2.45, 2.75) is 19.6 Å². The number of benzene rings is 1. The highest BCUT2D eigenvalue weighted by Crippen LogP contribution is 2.09. The van der Waals surface area contributed by atoms with Gasteiger partial charge in [-0.05, 0) is 12.5 Å². The number of ether oxygens (including phenoxy) is 1. The zero-order valence-corrected chi connectivity index (χ0v) is 11.4. The van der Waals surface area contributed by atoms with Crippen LogP contribution in [0.3, 0.4) is 0 Å². The van der Waals surface area contributed by atoms with Crippen LogP contribution in [0.15, 0.2) is 30.3 Å². The van der Waals surface area contributed by atoms with Gasteiger partial charge in [0.25, 0.3) is 0 Å². The molecule has 0 saturated heterocycles. The predicted molar refractivity (Wildman–Crippen MR) is 68.7 cm³/mol. The standard InChI is InChI=1S/C11H14N2O6S/c1-8(10(14)15)13(20(12,17)18)11(16)19-7-9-5-3-2-4-6-9/h2-6,8H,7H2,1H3,(H,14,15)(H2,12,17,18)/t8-/m1/s1. The molecule has 1 rings (SSSR count). The van der Waals surface area contributed by atoms with E-state index in [1.165, 1.54) is 0 Å². The number of carboxylic acids is 1. The number of nitrogens with two attached hydrogens (primary N) is 1. The Bertz CT molecular complexity index is 586. The first-order chi connectivity index (χ1) is 9.23. The summed E-state index contributed by atoms with van der Waals surface area (Å²) in [5.74, 6) is -1.52. The molecule has 0 fully saturated rings. The van der Waals surface area contributed by atoms with Crippen molar-refractivity contribution in [2.24, 2.45) is 5.14 Å². The quantitative estimate of drug-likeness (QED) is 0.805. The lowest BCUT2D eigenvalue weighted by Crippen LogP contribution is -2.50. The van der Waals surface area contributed by atoms with Crippen molar-refractivity contribution in [3.05, 3.63) is 35.9 Å². The van der Waals surface area contributed by atoms with Crippen molar-refractivity contribution in [1.82, 2.24) is 4.31 Å². The highest BCUT2D eigenvalue weighted by Gasteiger charge is 2.35. The lowest BCUT2D eigenvalue weighted by Gasteiger charge is -2.22. The summed E-state index contributed by atoms with van der Waals surface area (Å²) >= 11 is 0. The maximum absolute atomic E-state index is 11.7. The fourth-order valence-corrected chi connectivity index (χ4v) is 2.16. The minimum Gasteiger partial charge on any atom is -0.480 e. The van der Waals surface area contributed by atoms with Crippen LogP contribution in [-0.2, 0) is 26.3 Å². The molecule has 0 bridgehead atoms. The van der Waals surface area contributed by atoms with Gasteiger partial charge in [0.1, 0.15) is 12.6 Å². The summed E-state index contributed by atoms with van der Waals surface area (Å²) in [6.07, 6.45) is -1.34. The van der Waals surface area contributed by atoms with E-state index in [0.717, 1.165) is 6.92 Å². The molecule has 0 spiro atoms. The van der Waals surface area contributed by atoms with Crippen LogP contribution in [0.2, 0.25) is 0 Å². The van der Waals surface area contributed by atoms with Crippen molar-refractivity contribution in [1.29, 1.82) is 0 Å². The average molecular weight is 302 g/mol. The number of aliphatic carboxylic acids is 1. The van der Waals surface area contributed by atoms with E-state index < -0.39 is 28.3 Å². The van der Waals surface area contributed by atoms with E-state index >= 15 is 0 Å². The van der Waals surface area contributed by atoms with Gasteiger partial charge in [0.15, 0.2) is 0 Å². The highest BCUT2D eigenvalue weighted by atomic mass is 32.2. The SMILES string of the molecule is C[C@H](C(=O)O)N(C(=O)OCc1ccccc1)S(N)(=O)=O. The molecule has 1 amide bonds. The molecule has 110 valence electrons. The van der Waals surface area contributed by atoms with Crippen molar-refractivity contribution in [3.8, 4) is 0 Å². The van der Waals surface area contributed by atoms with Crippen LogP contribution in [0.4, 0.5) is 4.79 Å². The molecule has 0 saturated carbocycles. The number of hydrogen-bond donors (Lipinski definition) is 2. The van der Waals surface area contributed by atoms with Gasteiger partial charge in [-0.1, -0.05) is 30.3 Å². The summed E-state index contributed by atoms with van der Waals surface area (Å²) < 4.78 is 27.3. The molecule has 0 aliphatic heterocycles. The second-order valence-corrected chi connectivity index (χ2v) is 5.32. The Morgan fingerprint density at radius 2 is 1.90 bits per heavy atom.